The van der Waals surface area contributed by atoms with Crippen LogP contribution in [0.25, 0.3) is 0 Å². The van der Waals surface area contributed by atoms with Crippen LogP contribution in [0, 0.1) is 0 Å². The first-order valence-electron chi connectivity index (χ1n) is 5.15. The minimum atomic E-state index is 0.517. The molecule has 0 bridgehead atoms. The van der Waals surface area contributed by atoms with Crippen molar-refractivity contribution < 1.29 is 0 Å². The van der Waals surface area contributed by atoms with Crippen LogP contribution in [0.3, 0.4) is 0 Å². The highest BCUT2D eigenvalue weighted by molar-refractivity contribution is 4.98. The topological polar surface area (TPSA) is 15.3 Å². The molecule has 0 aromatic heterocycles. The third-order valence-corrected chi connectivity index (χ3v) is 3.44. The predicted octanol–water partition coefficient (Wildman–Crippen LogP) is 1.22. The minimum Gasteiger partial charge on any atom is -0.310 e. The Hall–Kier alpha value is -0.0800. The van der Waals surface area contributed by atoms with Gasteiger partial charge in [-0.25, -0.2) is 0 Å². The first kappa shape index (κ1) is 8.52. The highest BCUT2D eigenvalue weighted by atomic mass is 15.2. The maximum atomic E-state index is 3.66. The van der Waals surface area contributed by atoms with Crippen molar-refractivity contribution in [2.75, 3.05) is 20.1 Å². The first-order chi connectivity index (χ1) is 5.70. The van der Waals surface area contributed by atoms with E-state index in [1.54, 1.807) is 0 Å². The van der Waals surface area contributed by atoms with E-state index >= 15 is 0 Å². The molecule has 2 aliphatic rings. The monoisotopic (exact) mass is 168 g/mol. The zero-order chi connectivity index (χ0) is 8.60. The third-order valence-electron chi connectivity index (χ3n) is 3.44. The second-order valence-electron chi connectivity index (χ2n) is 4.72. The average Bonchev–Trinajstić information content (AvgIpc) is 2.61. The third kappa shape index (κ3) is 1.80. The van der Waals surface area contributed by atoms with Crippen molar-refractivity contribution in [3.05, 3.63) is 0 Å². The molecule has 1 saturated carbocycles. The van der Waals surface area contributed by atoms with E-state index in [1.165, 1.54) is 38.8 Å². The Bertz CT molecular complexity index is 163. The first-order valence-corrected chi connectivity index (χ1v) is 5.15. The highest BCUT2D eigenvalue weighted by Crippen LogP contribution is 2.34. The van der Waals surface area contributed by atoms with Gasteiger partial charge in [0.15, 0.2) is 0 Å². The molecule has 2 heteroatoms. The Balaban J connectivity index is 1.72. The van der Waals surface area contributed by atoms with Gasteiger partial charge in [0.25, 0.3) is 0 Å². The van der Waals surface area contributed by atoms with E-state index in [1.807, 2.05) is 0 Å². The Morgan fingerprint density at radius 2 is 2.25 bits per heavy atom. The second kappa shape index (κ2) is 3.00. The average molecular weight is 168 g/mol. The van der Waals surface area contributed by atoms with Gasteiger partial charge in [-0.3, -0.25) is 0 Å². The smallest absolute Gasteiger partial charge is 0.0218 e. The van der Waals surface area contributed by atoms with E-state index in [2.05, 4.69) is 24.2 Å². The van der Waals surface area contributed by atoms with Crippen LogP contribution in [-0.4, -0.2) is 36.6 Å². The van der Waals surface area contributed by atoms with Crippen LogP contribution in [0.4, 0.5) is 0 Å². The molecule has 12 heavy (non-hydrogen) atoms. The number of nitrogens with zero attached hydrogens (tertiary/aromatic N) is 1. The molecule has 1 aliphatic carbocycles. The Morgan fingerprint density at radius 1 is 1.50 bits per heavy atom. The van der Waals surface area contributed by atoms with Crippen molar-refractivity contribution in [2.45, 2.75) is 44.2 Å². The van der Waals surface area contributed by atoms with Crippen molar-refractivity contribution in [3.63, 3.8) is 0 Å². The predicted molar refractivity (Wildman–Crippen MR) is 51.3 cm³/mol. The molecular formula is C10H20N2. The maximum Gasteiger partial charge on any atom is 0.0218 e. The minimum absolute atomic E-state index is 0.517. The van der Waals surface area contributed by atoms with Gasteiger partial charge in [-0.2, -0.15) is 0 Å². The molecule has 70 valence electrons. The van der Waals surface area contributed by atoms with Gasteiger partial charge in [-0.15, -0.1) is 0 Å². The van der Waals surface area contributed by atoms with Crippen molar-refractivity contribution >= 4 is 0 Å². The second-order valence-corrected chi connectivity index (χ2v) is 4.72. The normalized spacial score (nSPS) is 34.0. The lowest BCUT2D eigenvalue weighted by atomic mass is 10.2. The number of likely N-dealkylation sites (tertiary alicyclic amines) is 1. The summed E-state index contributed by atoms with van der Waals surface area (Å²) in [5, 5.41) is 3.66. The summed E-state index contributed by atoms with van der Waals surface area (Å²) in [6, 6.07) is 0.808. The van der Waals surface area contributed by atoms with Crippen LogP contribution < -0.4 is 5.32 Å². The molecule has 1 heterocycles. The molecule has 2 rings (SSSR count). The fraction of sp³-hybridized carbons (Fsp3) is 1.00. The fourth-order valence-electron chi connectivity index (χ4n) is 1.97. The lowest BCUT2D eigenvalue weighted by Gasteiger charge is -2.22. The molecule has 1 atom stereocenters. The van der Waals surface area contributed by atoms with E-state index in [-0.39, 0.29) is 0 Å². The highest BCUT2D eigenvalue weighted by Gasteiger charge is 2.37. The summed E-state index contributed by atoms with van der Waals surface area (Å²) < 4.78 is 0. The quantitative estimate of drug-likeness (QED) is 0.681. The summed E-state index contributed by atoms with van der Waals surface area (Å²) in [7, 11) is 2.24. The molecule has 0 aromatic carbocycles. The summed E-state index contributed by atoms with van der Waals surface area (Å²) in [6.45, 7) is 4.83. The number of hydrogen-bond acceptors (Lipinski definition) is 2. The summed E-state index contributed by atoms with van der Waals surface area (Å²) in [4.78, 5) is 2.48. The Morgan fingerprint density at radius 3 is 2.75 bits per heavy atom. The summed E-state index contributed by atoms with van der Waals surface area (Å²) in [5.74, 6) is 0. The maximum absolute atomic E-state index is 3.66. The van der Waals surface area contributed by atoms with Crippen molar-refractivity contribution in [1.82, 2.24) is 10.2 Å². The van der Waals surface area contributed by atoms with Crippen LogP contribution in [0.5, 0.6) is 0 Å². The van der Waals surface area contributed by atoms with Gasteiger partial charge in [0.05, 0.1) is 0 Å². The molecule has 0 spiro atoms. The fourth-order valence-corrected chi connectivity index (χ4v) is 1.97. The van der Waals surface area contributed by atoms with E-state index in [0.717, 1.165) is 6.04 Å². The van der Waals surface area contributed by atoms with Crippen molar-refractivity contribution in [1.29, 1.82) is 0 Å². The number of nitrogens with one attached hydrogen (secondary N) is 1. The van der Waals surface area contributed by atoms with Gasteiger partial charge in [0.1, 0.15) is 0 Å². The van der Waals surface area contributed by atoms with Crippen LogP contribution in [-0.2, 0) is 0 Å². The molecule has 1 saturated heterocycles. The van der Waals surface area contributed by atoms with Gasteiger partial charge in [0.2, 0.25) is 0 Å². The Kier molecular flexibility index (Phi) is 2.13. The number of rotatable bonds is 3. The van der Waals surface area contributed by atoms with Crippen molar-refractivity contribution in [2.24, 2.45) is 0 Å². The van der Waals surface area contributed by atoms with Crippen LogP contribution >= 0.6 is 0 Å². The zero-order valence-electron chi connectivity index (χ0n) is 8.27. The standard InChI is InChI=1S/C10H20N2/c1-10(5-6-10)11-8-9-4-3-7-12(9)2/h9,11H,3-8H2,1-2H3. The molecule has 2 fully saturated rings. The van der Waals surface area contributed by atoms with Gasteiger partial charge in [0, 0.05) is 18.1 Å². The lowest BCUT2D eigenvalue weighted by molar-refractivity contribution is 0.290. The van der Waals surface area contributed by atoms with Crippen LogP contribution in [0.2, 0.25) is 0 Å². The molecule has 0 amide bonds. The van der Waals surface area contributed by atoms with E-state index in [4.69, 9.17) is 0 Å². The molecule has 2 nitrogen and oxygen atoms in total. The van der Waals surface area contributed by atoms with Gasteiger partial charge in [-0.05, 0) is 46.2 Å². The molecule has 1 N–H and O–H groups in total. The Labute approximate surface area is 75.3 Å². The van der Waals surface area contributed by atoms with Gasteiger partial charge >= 0.3 is 0 Å². The van der Waals surface area contributed by atoms with Gasteiger partial charge < -0.3 is 10.2 Å². The molecule has 1 aliphatic heterocycles. The molecule has 0 aromatic rings. The van der Waals surface area contributed by atoms with Crippen LogP contribution in [0.1, 0.15) is 32.6 Å². The van der Waals surface area contributed by atoms with E-state index in [0.29, 0.717) is 5.54 Å². The summed E-state index contributed by atoms with van der Waals surface area (Å²) in [6.07, 6.45) is 5.53. The SMILES string of the molecule is CN1CCCC1CNC1(C)CC1. The van der Waals surface area contributed by atoms with Crippen LogP contribution in [0.15, 0.2) is 0 Å². The lowest BCUT2D eigenvalue weighted by Crippen LogP contribution is -2.40. The number of hydrogen-bond donors (Lipinski definition) is 1. The largest absolute Gasteiger partial charge is 0.310 e. The van der Waals surface area contributed by atoms with E-state index in [9.17, 15) is 0 Å². The van der Waals surface area contributed by atoms with Gasteiger partial charge in [-0.1, -0.05) is 0 Å². The molecular weight excluding hydrogens is 148 g/mol. The zero-order valence-corrected chi connectivity index (χ0v) is 8.27. The molecule has 1 unspecified atom stereocenters. The molecule has 0 radical (unpaired) electrons. The van der Waals surface area contributed by atoms with E-state index < -0.39 is 0 Å². The number of likely N-dealkylation sites (N-methyl/N-ethyl adjacent to an activating group) is 1. The summed E-state index contributed by atoms with van der Waals surface area (Å²) in [5.41, 5.74) is 0.517. The summed E-state index contributed by atoms with van der Waals surface area (Å²) >= 11 is 0. The van der Waals surface area contributed by atoms with Crippen molar-refractivity contribution in [3.8, 4) is 0 Å².